The molecule has 1 N–H and O–H groups in total. The van der Waals surface area contributed by atoms with Gasteiger partial charge in [0.15, 0.2) is 0 Å². The van der Waals surface area contributed by atoms with Gasteiger partial charge in [-0.25, -0.2) is 0 Å². The molecule has 0 bridgehead atoms. The molecule has 5 heteroatoms. The fourth-order valence-corrected chi connectivity index (χ4v) is 20.4. The Bertz CT molecular complexity index is 339. The number of nitrogens with one attached hydrogen (secondary N) is 1. The van der Waals surface area contributed by atoms with Crippen LogP contribution in [0.5, 0.6) is 0 Å². The van der Waals surface area contributed by atoms with Gasteiger partial charge in [-0.05, 0) is 41.5 Å². The Morgan fingerprint density at radius 2 is 1.10 bits per heavy atom. The van der Waals surface area contributed by atoms with Gasteiger partial charge in [0, 0.05) is 18.1 Å². The third-order valence-electron chi connectivity index (χ3n) is 3.30. The van der Waals surface area contributed by atoms with Crippen LogP contribution in [0.3, 0.4) is 0 Å². The maximum absolute atomic E-state index is 3.98. The molecule has 0 aromatic carbocycles. The van der Waals surface area contributed by atoms with Gasteiger partial charge >= 0.3 is 0 Å². The molecule has 2 nitrogen and oxygen atoms in total. The number of rotatable bonds is 7. The van der Waals surface area contributed by atoms with Crippen molar-refractivity contribution in [2.75, 3.05) is 0 Å². The van der Waals surface area contributed by atoms with E-state index in [-0.39, 0.29) is 7.85 Å². The molecule has 21 heavy (non-hydrogen) atoms. The Morgan fingerprint density at radius 1 is 0.762 bits per heavy atom. The van der Waals surface area contributed by atoms with Gasteiger partial charge in [-0.2, -0.15) is 0 Å². The van der Waals surface area contributed by atoms with Gasteiger partial charge in [-0.1, -0.05) is 39.3 Å². The second-order valence-electron chi connectivity index (χ2n) is 9.01. The Kier molecular flexibility index (Phi) is 8.07. The number of hydrogen-bond acceptors (Lipinski definition) is 2. The van der Waals surface area contributed by atoms with E-state index in [1.807, 2.05) is 4.54 Å². The Morgan fingerprint density at radius 3 is 1.29 bits per heavy atom. The second-order valence-corrected chi connectivity index (χ2v) is 22.1. The highest BCUT2D eigenvalue weighted by Gasteiger charge is 2.45. The summed E-state index contributed by atoms with van der Waals surface area (Å²) in [6.45, 7) is 29.2. The van der Waals surface area contributed by atoms with Crippen LogP contribution < -0.4 is 5.09 Å². The maximum Gasteiger partial charge on any atom is 0.267 e. The molecule has 1 unspecified atom stereocenters. The molecule has 0 saturated heterocycles. The summed E-state index contributed by atoms with van der Waals surface area (Å²) in [5, 5.41) is 3.98. The smallest absolute Gasteiger partial charge is 0.126 e. The van der Waals surface area contributed by atoms with Crippen molar-refractivity contribution in [3.63, 3.8) is 0 Å². The molecule has 0 fully saturated rings. The lowest BCUT2D eigenvalue weighted by atomic mass is 10.3. The van der Waals surface area contributed by atoms with E-state index in [9.17, 15) is 0 Å². The van der Waals surface area contributed by atoms with Crippen molar-refractivity contribution in [2.45, 2.75) is 99.0 Å². The monoisotopic (exact) mass is 347 g/mol. The van der Waals surface area contributed by atoms with Crippen molar-refractivity contribution in [1.82, 2.24) is 9.76 Å². The van der Waals surface area contributed by atoms with Crippen molar-refractivity contribution in [1.29, 1.82) is 0 Å². The SMILES string of the molecule is CC(C)N[P+](=C([Si](C)(C)C)[Si](C)(C)C)N(C(C)C)C(C)C. The van der Waals surface area contributed by atoms with Crippen molar-refractivity contribution in [3.05, 3.63) is 0 Å². The average molecular weight is 348 g/mol. The highest BCUT2D eigenvalue weighted by Crippen LogP contribution is 2.38. The van der Waals surface area contributed by atoms with Crippen LogP contribution >= 0.6 is 7.85 Å². The van der Waals surface area contributed by atoms with Crippen LogP contribution in [0.2, 0.25) is 39.3 Å². The van der Waals surface area contributed by atoms with E-state index in [1.165, 1.54) is 0 Å². The van der Waals surface area contributed by atoms with Crippen molar-refractivity contribution in [2.24, 2.45) is 0 Å². The predicted molar refractivity (Wildman–Crippen MR) is 109 cm³/mol. The summed E-state index contributed by atoms with van der Waals surface area (Å²) in [5.41, 5.74) is 0. The van der Waals surface area contributed by atoms with Crippen molar-refractivity contribution < 1.29 is 0 Å². The van der Waals surface area contributed by atoms with Crippen LogP contribution in [0.4, 0.5) is 0 Å². The van der Waals surface area contributed by atoms with Gasteiger partial charge in [0.25, 0.3) is 7.85 Å². The highest BCUT2D eigenvalue weighted by atomic mass is 31.1. The summed E-state index contributed by atoms with van der Waals surface area (Å²) in [6.07, 6.45) is 0. The third-order valence-corrected chi connectivity index (χ3v) is 18.5. The molecule has 0 saturated carbocycles. The highest BCUT2D eigenvalue weighted by molar-refractivity contribution is 7.71. The molecule has 0 radical (unpaired) electrons. The molecule has 126 valence electrons. The summed E-state index contributed by atoms with van der Waals surface area (Å²) in [7, 11) is -2.97. The fraction of sp³-hybridized carbons (Fsp3) is 0.938. The molecule has 0 spiro atoms. The Balaban J connectivity index is 6.34. The van der Waals surface area contributed by atoms with Gasteiger partial charge in [-0.15, -0.1) is 9.76 Å². The van der Waals surface area contributed by atoms with E-state index in [0.29, 0.717) is 18.1 Å². The summed E-state index contributed by atoms with van der Waals surface area (Å²) >= 11 is 0. The van der Waals surface area contributed by atoms with Crippen molar-refractivity contribution >= 4 is 28.5 Å². The van der Waals surface area contributed by atoms with E-state index in [2.05, 4.69) is 90.6 Å². The van der Waals surface area contributed by atoms with Gasteiger partial charge in [0.2, 0.25) is 0 Å². The van der Waals surface area contributed by atoms with Gasteiger partial charge < -0.3 is 0 Å². The normalized spacial score (nSPS) is 14.6. The van der Waals surface area contributed by atoms with E-state index in [0.717, 1.165) is 0 Å². The van der Waals surface area contributed by atoms with E-state index in [4.69, 9.17) is 0 Å². The topological polar surface area (TPSA) is 15.3 Å². The van der Waals surface area contributed by atoms with Crippen LogP contribution in [-0.2, 0) is 0 Å². The van der Waals surface area contributed by atoms with Crippen LogP contribution in [0.15, 0.2) is 0 Å². The van der Waals surface area contributed by atoms with Gasteiger partial charge in [0.05, 0.1) is 4.54 Å². The molecule has 0 aliphatic carbocycles. The first-order valence-electron chi connectivity index (χ1n) is 8.42. The van der Waals surface area contributed by atoms with Crippen LogP contribution in [0.25, 0.3) is 0 Å². The second kappa shape index (κ2) is 7.87. The van der Waals surface area contributed by atoms with Crippen molar-refractivity contribution in [3.8, 4) is 0 Å². The average Bonchev–Trinajstić information content (AvgIpc) is 2.08. The summed E-state index contributed by atoms with van der Waals surface area (Å²) in [4.78, 5) is 0. The lowest BCUT2D eigenvalue weighted by molar-refractivity contribution is 0.323. The molecule has 0 aromatic heterocycles. The fourth-order valence-electron chi connectivity index (χ4n) is 3.31. The third kappa shape index (κ3) is 6.66. The minimum absolute atomic E-state index is 0.359. The molecule has 0 rings (SSSR count). The molecular weight excluding hydrogens is 307 g/mol. The first-order valence-corrected chi connectivity index (χ1v) is 16.7. The molecule has 0 aliphatic rings. The zero-order chi connectivity index (χ0) is 17.2. The lowest BCUT2D eigenvalue weighted by Crippen LogP contribution is -2.52. The first kappa shape index (κ1) is 21.5. The minimum atomic E-state index is -1.30. The summed E-state index contributed by atoms with van der Waals surface area (Å²) in [6, 6.07) is 1.72. The molecule has 0 amide bonds. The number of hydrogen-bond donors (Lipinski definition) is 1. The number of nitrogens with zero attached hydrogens (tertiary/aromatic N) is 1. The molecule has 0 heterocycles. The van der Waals surface area contributed by atoms with Gasteiger partial charge in [0.1, 0.15) is 16.1 Å². The quantitative estimate of drug-likeness (QED) is 0.494. The zero-order valence-electron chi connectivity index (χ0n) is 16.6. The molecular formula is C16H40N2PSi2+. The molecule has 0 aliphatic heterocycles. The predicted octanol–water partition coefficient (Wildman–Crippen LogP) is 5.34. The summed E-state index contributed by atoms with van der Waals surface area (Å²) in [5.74, 6) is 0. The van der Waals surface area contributed by atoms with Crippen LogP contribution in [0, 0.1) is 0 Å². The van der Waals surface area contributed by atoms with Gasteiger partial charge in [-0.3, -0.25) is 0 Å². The van der Waals surface area contributed by atoms with Crippen LogP contribution in [0.1, 0.15) is 41.5 Å². The van der Waals surface area contributed by atoms with E-state index >= 15 is 0 Å². The van der Waals surface area contributed by atoms with E-state index < -0.39 is 16.1 Å². The molecule has 1 atom stereocenters. The first-order chi connectivity index (χ1) is 9.19. The zero-order valence-corrected chi connectivity index (χ0v) is 19.5. The summed E-state index contributed by atoms with van der Waals surface area (Å²) < 4.78 is 4.68. The maximum atomic E-state index is 3.98. The largest absolute Gasteiger partial charge is 0.267 e. The lowest BCUT2D eigenvalue weighted by Gasteiger charge is -2.32. The van der Waals surface area contributed by atoms with Crippen LogP contribution in [-0.4, -0.2) is 43.5 Å². The Labute approximate surface area is 137 Å². The Hall–Kier alpha value is 0.524. The standard InChI is InChI=1S/C16H40N2PSi2/c1-13(2)17-19(18(14(3)4)15(5)6)16(20(7,8)9)21(10,11)12/h13-15,17H,1-12H3/q+1. The van der Waals surface area contributed by atoms with E-state index in [1.54, 1.807) is 0 Å². The minimum Gasteiger partial charge on any atom is -0.126 e. The molecule has 0 aromatic rings.